The first-order valence-corrected chi connectivity index (χ1v) is 10.3. The van der Waals surface area contributed by atoms with Gasteiger partial charge in [-0.25, -0.2) is 4.98 Å². The average Bonchev–Trinajstić information content (AvgIpc) is 2.84. The van der Waals surface area contributed by atoms with E-state index in [-0.39, 0.29) is 18.0 Å². The summed E-state index contributed by atoms with van der Waals surface area (Å²) in [4.78, 5) is 32.5. The molecule has 3 aromatic heterocycles. The number of aromatic nitrogens is 3. The zero-order valence-corrected chi connectivity index (χ0v) is 18.0. The SMILES string of the molecule is CNC(=O)Cn1ccc(C#Cc2ccc(-c3cc(CNN)c4cnccc4n3)cc2)cc1=O. The van der Waals surface area contributed by atoms with Crippen molar-refractivity contribution in [3.05, 3.63) is 94.2 Å². The molecule has 164 valence electrons. The zero-order chi connectivity index (χ0) is 23.2. The van der Waals surface area contributed by atoms with E-state index in [2.05, 4.69) is 27.6 Å². The first-order valence-electron chi connectivity index (χ1n) is 10.3. The number of benzene rings is 1. The van der Waals surface area contributed by atoms with Crippen molar-refractivity contribution in [2.24, 2.45) is 5.84 Å². The van der Waals surface area contributed by atoms with Gasteiger partial charge in [-0.3, -0.25) is 25.8 Å². The minimum atomic E-state index is -0.277. The fourth-order valence-electron chi connectivity index (χ4n) is 3.36. The summed E-state index contributed by atoms with van der Waals surface area (Å²) in [5.74, 6) is 11.4. The molecule has 0 saturated carbocycles. The molecule has 1 aromatic carbocycles. The van der Waals surface area contributed by atoms with Gasteiger partial charge < -0.3 is 9.88 Å². The van der Waals surface area contributed by atoms with Crippen LogP contribution in [0.25, 0.3) is 22.2 Å². The molecule has 4 aromatic rings. The second-order valence-electron chi connectivity index (χ2n) is 7.32. The molecule has 0 spiro atoms. The summed E-state index contributed by atoms with van der Waals surface area (Å²) in [5.41, 5.74) is 7.46. The largest absolute Gasteiger partial charge is 0.358 e. The smallest absolute Gasteiger partial charge is 0.252 e. The molecule has 0 aliphatic heterocycles. The van der Waals surface area contributed by atoms with Gasteiger partial charge >= 0.3 is 0 Å². The summed E-state index contributed by atoms with van der Waals surface area (Å²) in [5, 5.41) is 3.45. The number of carbonyl (C=O) groups is 1. The fourth-order valence-corrected chi connectivity index (χ4v) is 3.36. The number of carbonyl (C=O) groups excluding carboxylic acids is 1. The molecule has 33 heavy (non-hydrogen) atoms. The fraction of sp³-hybridized carbons (Fsp3) is 0.120. The molecule has 3 heterocycles. The first kappa shape index (κ1) is 21.9. The van der Waals surface area contributed by atoms with Gasteiger partial charge in [0.15, 0.2) is 0 Å². The van der Waals surface area contributed by atoms with Gasteiger partial charge in [-0.1, -0.05) is 24.0 Å². The number of nitrogens with two attached hydrogens (primary N) is 1. The standard InChI is InChI=1S/C25H22N6O2/c1-27-24(32)16-31-11-9-18(12-25(31)33)3-2-17-4-6-19(7-5-17)23-13-20(14-29-26)21-15-28-10-8-22(21)30-23/h4-13,15,29H,14,16,26H2,1H3,(H,27,32). The molecule has 0 atom stereocenters. The van der Waals surface area contributed by atoms with E-state index in [0.717, 1.165) is 33.3 Å². The highest BCUT2D eigenvalue weighted by molar-refractivity contribution is 5.84. The lowest BCUT2D eigenvalue weighted by molar-refractivity contribution is -0.121. The molecule has 0 unspecified atom stereocenters. The van der Waals surface area contributed by atoms with Crippen molar-refractivity contribution < 1.29 is 4.79 Å². The molecular weight excluding hydrogens is 416 g/mol. The Morgan fingerprint density at radius 2 is 1.88 bits per heavy atom. The normalized spacial score (nSPS) is 10.5. The van der Waals surface area contributed by atoms with Crippen LogP contribution in [0.2, 0.25) is 0 Å². The summed E-state index contributed by atoms with van der Waals surface area (Å²) < 4.78 is 1.33. The third-order valence-corrected chi connectivity index (χ3v) is 5.11. The molecule has 0 saturated heterocycles. The number of nitrogens with zero attached hydrogens (tertiary/aromatic N) is 3. The molecule has 0 radical (unpaired) electrons. The number of hydrogen-bond acceptors (Lipinski definition) is 6. The van der Waals surface area contributed by atoms with Crippen molar-refractivity contribution in [3.8, 4) is 23.1 Å². The van der Waals surface area contributed by atoms with Crippen molar-refractivity contribution >= 4 is 16.8 Å². The van der Waals surface area contributed by atoms with E-state index >= 15 is 0 Å². The Morgan fingerprint density at radius 3 is 2.61 bits per heavy atom. The van der Waals surface area contributed by atoms with Gasteiger partial charge in [0.05, 0.1) is 11.2 Å². The first-order chi connectivity index (χ1) is 16.1. The molecule has 0 bridgehead atoms. The summed E-state index contributed by atoms with van der Waals surface area (Å²) in [6.45, 7) is 0.482. The van der Waals surface area contributed by atoms with E-state index < -0.39 is 0 Å². The molecule has 4 rings (SSSR count). The van der Waals surface area contributed by atoms with Crippen LogP contribution in [0.4, 0.5) is 0 Å². The van der Waals surface area contributed by atoms with Gasteiger partial charge in [0, 0.05) is 60.3 Å². The van der Waals surface area contributed by atoms with Crippen LogP contribution in [-0.2, 0) is 17.9 Å². The Balaban J connectivity index is 1.57. The van der Waals surface area contributed by atoms with Crippen LogP contribution in [0.1, 0.15) is 16.7 Å². The lowest BCUT2D eigenvalue weighted by Crippen LogP contribution is -2.29. The van der Waals surface area contributed by atoms with Gasteiger partial charge in [-0.05, 0) is 35.9 Å². The van der Waals surface area contributed by atoms with E-state index in [1.54, 1.807) is 24.7 Å². The van der Waals surface area contributed by atoms with Crippen LogP contribution in [-0.4, -0.2) is 27.5 Å². The topological polar surface area (TPSA) is 115 Å². The van der Waals surface area contributed by atoms with E-state index in [0.29, 0.717) is 12.1 Å². The van der Waals surface area contributed by atoms with Crippen molar-refractivity contribution in [2.75, 3.05) is 7.05 Å². The molecule has 8 nitrogen and oxygen atoms in total. The minimum Gasteiger partial charge on any atom is -0.358 e. The Bertz CT molecular complexity index is 1430. The molecule has 0 fully saturated rings. The Morgan fingerprint density at radius 1 is 1.09 bits per heavy atom. The molecular formula is C25H22N6O2. The monoisotopic (exact) mass is 438 g/mol. The van der Waals surface area contributed by atoms with Crippen LogP contribution in [0, 0.1) is 11.8 Å². The maximum Gasteiger partial charge on any atom is 0.252 e. The van der Waals surface area contributed by atoms with Gasteiger partial charge in [0.1, 0.15) is 6.54 Å². The Labute approximate surface area is 190 Å². The van der Waals surface area contributed by atoms with Gasteiger partial charge in [0.25, 0.3) is 5.56 Å². The number of fused-ring (bicyclic) bond motifs is 1. The highest BCUT2D eigenvalue weighted by Crippen LogP contribution is 2.24. The number of hydrogen-bond donors (Lipinski definition) is 3. The average molecular weight is 438 g/mol. The third kappa shape index (κ3) is 5.13. The number of likely N-dealkylation sites (N-methyl/N-ethyl adjacent to an activating group) is 1. The second kappa shape index (κ2) is 9.87. The van der Waals surface area contributed by atoms with Crippen molar-refractivity contribution in [2.45, 2.75) is 13.1 Å². The molecule has 4 N–H and O–H groups in total. The highest BCUT2D eigenvalue weighted by Gasteiger charge is 2.08. The Kier molecular flexibility index (Phi) is 6.55. The number of pyridine rings is 3. The zero-order valence-electron chi connectivity index (χ0n) is 18.0. The maximum atomic E-state index is 12.2. The number of amides is 1. The lowest BCUT2D eigenvalue weighted by Gasteiger charge is -2.09. The van der Waals surface area contributed by atoms with E-state index in [4.69, 9.17) is 10.8 Å². The third-order valence-electron chi connectivity index (χ3n) is 5.11. The Hall–Kier alpha value is -4.32. The highest BCUT2D eigenvalue weighted by atomic mass is 16.2. The van der Waals surface area contributed by atoms with Gasteiger partial charge in [-0.15, -0.1) is 0 Å². The lowest BCUT2D eigenvalue weighted by atomic mass is 10.0. The van der Waals surface area contributed by atoms with Crippen LogP contribution in [0.15, 0.2) is 71.9 Å². The quantitative estimate of drug-likeness (QED) is 0.248. The second-order valence-corrected chi connectivity index (χ2v) is 7.32. The van der Waals surface area contributed by atoms with Crippen LogP contribution in [0.5, 0.6) is 0 Å². The number of rotatable bonds is 5. The van der Waals surface area contributed by atoms with Crippen LogP contribution in [0.3, 0.4) is 0 Å². The summed E-state index contributed by atoms with van der Waals surface area (Å²) >= 11 is 0. The number of hydrazine groups is 1. The molecule has 8 heteroatoms. The van der Waals surface area contributed by atoms with E-state index in [1.165, 1.54) is 17.7 Å². The maximum absolute atomic E-state index is 12.2. The van der Waals surface area contributed by atoms with Crippen LogP contribution < -0.4 is 22.1 Å². The summed E-state index contributed by atoms with van der Waals surface area (Å²) in [7, 11) is 1.53. The summed E-state index contributed by atoms with van der Waals surface area (Å²) in [6.07, 6.45) is 5.07. The minimum absolute atomic E-state index is 0.0210. The van der Waals surface area contributed by atoms with E-state index in [1.807, 2.05) is 36.4 Å². The van der Waals surface area contributed by atoms with Crippen molar-refractivity contribution in [3.63, 3.8) is 0 Å². The predicted molar refractivity (Wildman–Crippen MR) is 127 cm³/mol. The van der Waals surface area contributed by atoms with E-state index in [9.17, 15) is 9.59 Å². The van der Waals surface area contributed by atoms with Gasteiger partial charge in [0.2, 0.25) is 5.91 Å². The van der Waals surface area contributed by atoms with Crippen molar-refractivity contribution in [1.29, 1.82) is 0 Å². The predicted octanol–water partition coefficient (Wildman–Crippen LogP) is 1.57. The molecule has 1 amide bonds. The summed E-state index contributed by atoms with van der Waals surface area (Å²) in [6, 6.07) is 14.8. The molecule has 0 aliphatic rings. The van der Waals surface area contributed by atoms with Crippen LogP contribution >= 0.6 is 0 Å². The number of nitrogens with one attached hydrogen (secondary N) is 2. The van der Waals surface area contributed by atoms with Crippen molar-refractivity contribution in [1.82, 2.24) is 25.3 Å². The van der Waals surface area contributed by atoms with Gasteiger partial charge in [-0.2, -0.15) is 0 Å². The molecule has 0 aliphatic carbocycles.